The van der Waals surface area contributed by atoms with Gasteiger partial charge in [-0.3, -0.25) is 0 Å². The summed E-state index contributed by atoms with van der Waals surface area (Å²) in [5.74, 6) is 0. The Bertz CT molecular complexity index is 771. The van der Waals surface area contributed by atoms with Crippen molar-refractivity contribution >= 4 is 73.6 Å². The van der Waals surface area contributed by atoms with Gasteiger partial charge in [-0.05, 0) is 124 Å². The van der Waals surface area contributed by atoms with Crippen LogP contribution in [0.25, 0.3) is 0 Å². The van der Waals surface area contributed by atoms with E-state index in [4.69, 9.17) is 29.4 Å². The summed E-state index contributed by atoms with van der Waals surface area (Å²) >= 11 is 0. The van der Waals surface area contributed by atoms with Crippen molar-refractivity contribution in [3.63, 3.8) is 0 Å². The maximum absolute atomic E-state index is 13.0. The lowest BCUT2D eigenvalue weighted by Gasteiger charge is -2.47. The van der Waals surface area contributed by atoms with Crippen LogP contribution in [0.2, 0.25) is 124 Å². The topological polar surface area (TPSA) is 93.7 Å². The first-order valence-electron chi connectivity index (χ1n) is 14.6. The van der Waals surface area contributed by atoms with Gasteiger partial charge in [0.25, 0.3) is 0 Å². The molecule has 0 fully saturated rings. The largest absolute Gasteiger partial charge is 0.493 e. The lowest BCUT2D eigenvalue weighted by Crippen LogP contribution is -2.71. The van der Waals surface area contributed by atoms with Gasteiger partial charge in [-0.15, -0.1) is 0 Å². The van der Waals surface area contributed by atoms with E-state index < -0.39 is 79.3 Å². The molecule has 1 amide bonds. The Morgan fingerprint density at radius 3 is 1.12 bits per heavy atom. The van der Waals surface area contributed by atoms with Crippen LogP contribution in [0.5, 0.6) is 0 Å². The lowest BCUT2D eigenvalue weighted by molar-refractivity contribution is 0.171. The average molecular weight is 718 g/mol. The van der Waals surface area contributed by atoms with Crippen molar-refractivity contribution in [3.8, 4) is 0 Å². The Morgan fingerprint density at radius 2 is 0.878 bits per heavy atom. The van der Waals surface area contributed by atoms with Gasteiger partial charge in [0.2, 0.25) is 0 Å². The van der Waals surface area contributed by atoms with Gasteiger partial charge in [0.1, 0.15) is 0 Å². The van der Waals surface area contributed by atoms with E-state index in [2.05, 4.69) is 130 Å². The molecular formula is C24H63NO8Si8. The lowest BCUT2D eigenvalue weighted by atomic mass is 10.5. The molecule has 1 atom stereocenters. The minimum atomic E-state index is -3.57. The van der Waals surface area contributed by atoms with Crippen LogP contribution in [0.1, 0.15) is 6.42 Å². The minimum absolute atomic E-state index is 0.448. The monoisotopic (exact) mass is 717 g/mol. The first kappa shape index (κ1) is 41.5. The van der Waals surface area contributed by atoms with Crippen molar-refractivity contribution in [1.29, 1.82) is 0 Å². The summed E-state index contributed by atoms with van der Waals surface area (Å²) in [6.07, 6.45) is 0.961. The third-order valence-corrected chi connectivity index (χ3v) is 28.4. The van der Waals surface area contributed by atoms with Crippen molar-refractivity contribution in [3.05, 3.63) is 12.8 Å². The fourth-order valence-electron chi connectivity index (χ4n) is 4.08. The van der Waals surface area contributed by atoms with E-state index in [1.165, 1.54) is 0 Å². The van der Waals surface area contributed by atoms with Crippen LogP contribution >= 0.6 is 0 Å². The molecule has 17 heteroatoms. The summed E-state index contributed by atoms with van der Waals surface area (Å²) in [5.41, 5.74) is -0.590. The van der Waals surface area contributed by atoms with E-state index >= 15 is 0 Å². The summed E-state index contributed by atoms with van der Waals surface area (Å²) in [4.78, 5) is 13.0. The maximum atomic E-state index is 13.0. The molecule has 0 aromatic rings. The molecule has 0 aliphatic rings. The van der Waals surface area contributed by atoms with Gasteiger partial charge in [0.05, 0.1) is 11.9 Å². The number of hydrogen-bond donors (Lipinski definition) is 1. The average Bonchev–Trinajstić information content (AvgIpc) is 2.56. The van der Waals surface area contributed by atoms with Crippen molar-refractivity contribution in [2.24, 2.45) is 0 Å². The van der Waals surface area contributed by atoms with Gasteiger partial charge in [-0.25, -0.2) is 4.79 Å². The molecule has 0 saturated carbocycles. The molecule has 1 unspecified atom stereocenters. The minimum Gasteiger partial charge on any atom is -0.419 e. The summed E-state index contributed by atoms with van der Waals surface area (Å²) < 4.78 is 47.1. The number of nitrogens with one attached hydrogen (secondary N) is 1. The normalized spacial score (nSPS) is 15.5. The first-order valence-corrected chi connectivity index (χ1v) is 38.8. The van der Waals surface area contributed by atoms with E-state index in [0.29, 0.717) is 12.5 Å². The van der Waals surface area contributed by atoms with Crippen LogP contribution in [0.3, 0.4) is 0 Å². The first-order chi connectivity index (χ1) is 17.8. The maximum Gasteiger partial charge on any atom is 0.493 e. The van der Waals surface area contributed by atoms with Gasteiger partial charge in [-0.1, -0.05) is 6.58 Å². The number of carbonyl (C=O) groups excluding carboxylic acids is 1. The zero-order chi connectivity index (χ0) is 32.9. The molecule has 0 saturated heterocycles. The summed E-state index contributed by atoms with van der Waals surface area (Å²) in [6.45, 7) is 42.3. The standard InChI is InChI=1S/C24H63NO8Si8/c1-20-27-24(26)25-23(41(31-37(11,12)13,32-38(14,15)16)33-39(17,18)19)21-22-40(28-34(2,3)4,29-35(5,6)7)30-36(8,9)10/h20,23H,1,21-22H2,2-19H3,(H,25,26). The van der Waals surface area contributed by atoms with Gasteiger partial charge >= 0.3 is 23.7 Å². The molecule has 0 aromatic carbocycles. The van der Waals surface area contributed by atoms with E-state index in [-0.39, 0.29) is 0 Å². The van der Waals surface area contributed by atoms with Gasteiger partial charge in [-0.2, -0.15) is 0 Å². The van der Waals surface area contributed by atoms with Crippen LogP contribution in [-0.4, -0.2) is 79.3 Å². The smallest absolute Gasteiger partial charge is 0.419 e. The number of hydrogen-bond acceptors (Lipinski definition) is 8. The molecule has 0 aromatic heterocycles. The van der Waals surface area contributed by atoms with E-state index in [0.717, 1.165) is 6.26 Å². The molecule has 0 aliphatic heterocycles. The number of ether oxygens (including phenoxy) is 1. The molecular weight excluding hydrogens is 655 g/mol. The third kappa shape index (κ3) is 19.5. The van der Waals surface area contributed by atoms with Crippen molar-refractivity contribution < 1.29 is 34.2 Å². The molecule has 0 aliphatic carbocycles. The molecule has 0 spiro atoms. The Labute approximate surface area is 260 Å². The number of rotatable bonds is 18. The van der Waals surface area contributed by atoms with Gasteiger partial charge in [0, 0.05) is 6.04 Å². The second-order valence-corrected chi connectivity index (χ2v) is 50.4. The Balaban J connectivity index is 7.28. The van der Waals surface area contributed by atoms with Crippen LogP contribution in [0.15, 0.2) is 12.8 Å². The van der Waals surface area contributed by atoms with Crippen LogP contribution in [0, 0.1) is 0 Å². The Hall–Kier alpha value is 0.505. The summed E-state index contributed by atoms with van der Waals surface area (Å²) in [6, 6.07) is 0.499. The molecule has 244 valence electrons. The van der Waals surface area contributed by atoms with Crippen molar-refractivity contribution in [2.45, 2.75) is 136 Å². The third-order valence-electron chi connectivity index (χ3n) is 4.38. The van der Waals surface area contributed by atoms with E-state index in [1.807, 2.05) is 0 Å². The zero-order valence-corrected chi connectivity index (χ0v) is 37.5. The second-order valence-electron chi connectivity index (χ2n) is 16.4. The van der Waals surface area contributed by atoms with Crippen LogP contribution < -0.4 is 5.32 Å². The van der Waals surface area contributed by atoms with Crippen molar-refractivity contribution in [1.82, 2.24) is 5.32 Å². The molecule has 0 rings (SSSR count). The highest BCUT2D eigenvalue weighted by Gasteiger charge is 2.59. The van der Waals surface area contributed by atoms with Crippen LogP contribution in [-0.2, 0) is 29.4 Å². The fraction of sp³-hybridized carbons (Fsp3) is 0.875. The number of alkyl carbamates (subject to hydrolysis) is 1. The Kier molecular flexibility index (Phi) is 14.9. The summed E-state index contributed by atoms with van der Waals surface area (Å²) in [5, 5.41) is 3.10. The fourth-order valence-corrected chi connectivity index (χ4v) is 33.4. The van der Waals surface area contributed by atoms with Crippen molar-refractivity contribution in [2.75, 3.05) is 0 Å². The van der Waals surface area contributed by atoms with E-state index in [1.54, 1.807) is 0 Å². The van der Waals surface area contributed by atoms with E-state index in [9.17, 15) is 4.79 Å². The predicted molar refractivity (Wildman–Crippen MR) is 191 cm³/mol. The quantitative estimate of drug-likeness (QED) is 0.112. The highest BCUT2D eigenvalue weighted by atomic mass is 28.5. The highest BCUT2D eigenvalue weighted by molar-refractivity contribution is 6.92. The summed E-state index contributed by atoms with van der Waals surface area (Å²) in [7, 11) is -19.8. The highest BCUT2D eigenvalue weighted by Crippen LogP contribution is 2.35. The second kappa shape index (κ2) is 14.7. The molecule has 9 nitrogen and oxygen atoms in total. The zero-order valence-electron chi connectivity index (χ0n) is 29.5. The van der Waals surface area contributed by atoms with Gasteiger partial charge < -0.3 is 34.7 Å². The number of amides is 1. The molecule has 41 heavy (non-hydrogen) atoms. The molecule has 0 heterocycles. The Morgan fingerprint density at radius 1 is 0.585 bits per heavy atom. The molecule has 0 bridgehead atoms. The number of carbonyl (C=O) groups is 1. The molecule has 1 N–H and O–H groups in total. The molecule has 0 radical (unpaired) electrons. The SMILES string of the molecule is C=COC(=O)NC(CC[Si](O[Si](C)(C)C)(O[Si](C)(C)C)O[Si](C)(C)C)[Si](O[Si](C)(C)C)(O[Si](C)(C)C)O[Si](C)(C)C. The predicted octanol–water partition coefficient (Wildman–Crippen LogP) is 8.14. The van der Waals surface area contributed by atoms with Gasteiger partial charge in [0.15, 0.2) is 49.9 Å². The van der Waals surface area contributed by atoms with Crippen LogP contribution in [0.4, 0.5) is 4.79 Å².